The molecule has 2 aromatic carbocycles. The number of aromatic nitrogens is 1. The van der Waals surface area contributed by atoms with Gasteiger partial charge >= 0.3 is 0 Å². The Balaban J connectivity index is 1.34. The monoisotopic (exact) mass is 500 g/mol. The van der Waals surface area contributed by atoms with Gasteiger partial charge in [0.1, 0.15) is 17.9 Å². The number of carbonyl (C=O) groups is 2. The van der Waals surface area contributed by atoms with Crippen molar-refractivity contribution in [3.63, 3.8) is 0 Å². The van der Waals surface area contributed by atoms with Crippen LogP contribution in [0.25, 0.3) is 16.5 Å². The number of likely N-dealkylation sites (N-methyl/N-ethyl adjacent to an activating group) is 1. The molecular formula is C29H32N4O4. The third-order valence-corrected chi connectivity index (χ3v) is 7.33. The average molecular weight is 501 g/mol. The fourth-order valence-electron chi connectivity index (χ4n) is 5.53. The maximum absolute atomic E-state index is 13.7. The first-order valence-corrected chi connectivity index (χ1v) is 12.6. The van der Waals surface area contributed by atoms with Gasteiger partial charge in [0.05, 0.1) is 11.4 Å². The van der Waals surface area contributed by atoms with Crippen molar-refractivity contribution in [2.75, 3.05) is 26.7 Å². The van der Waals surface area contributed by atoms with Gasteiger partial charge in [-0.25, -0.2) is 5.48 Å². The van der Waals surface area contributed by atoms with Crippen LogP contribution in [-0.4, -0.2) is 70.6 Å². The van der Waals surface area contributed by atoms with Crippen LogP contribution in [0, 0.1) is 12.8 Å². The Morgan fingerprint density at radius 1 is 1.11 bits per heavy atom. The van der Waals surface area contributed by atoms with Gasteiger partial charge in [0, 0.05) is 36.8 Å². The summed E-state index contributed by atoms with van der Waals surface area (Å²) in [7, 11) is 1.83. The number of para-hydroxylation sites is 1. The summed E-state index contributed by atoms with van der Waals surface area (Å²) >= 11 is 0. The molecule has 0 aliphatic carbocycles. The summed E-state index contributed by atoms with van der Waals surface area (Å²) in [5.41, 5.74) is 5.85. The van der Waals surface area contributed by atoms with Crippen molar-refractivity contribution in [1.29, 1.82) is 0 Å². The van der Waals surface area contributed by atoms with Crippen molar-refractivity contribution in [3.8, 4) is 5.75 Å². The molecule has 0 spiro atoms. The zero-order valence-corrected chi connectivity index (χ0v) is 21.1. The summed E-state index contributed by atoms with van der Waals surface area (Å²) in [4.78, 5) is 34.7. The third kappa shape index (κ3) is 5.21. The molecule has 3 heterocycles. The molecule has 1 saturated heterocycles. The molecule has 37 heavy (non-hydrogen) atoms. The van der Waals surface area contributed by atoms with Gasteiger partial charge < -0.3 is 9.64 Å². The van der Waals surface area contributed by atoms with Crippen molar-refractivity contribution < 1.29 is 19.5 Å². The lowest BCUT2D eigenvalue weighted by atomic mass is 9.86. The van der Waals surface area contributed by atoms with E-state index in [9.17, 15) is 14.8 Å². The van der Waals surface area contributed by atoms with E-state index in [2.05, 4.69) is 23.2 Å². The number of hydrogen-bond acceptors (Lipinski definition) is 6. The van der Waals surface area contributed by atoms with Crippen LogP contribution in [0.15, 0.2) is 66.7 Å². The molecule has 0 saturated carbocycles. The Morgan fingerprint density at radius 2 is 1.86 bits per heavy atom. The molecule has 5 rings (SSSR count). The summed E-state index contributed by atoms with van der Waals surface area (Å²) in [6.07, 6.45) is 2.81. The van der Waals surface area contributed by atoms with E-state index in [1.54, 1.807) is 10.4 Å². The minimum Gasteiger partial charge on any atom is -0.488 e. The summed E-state index contributed by atoms with van der Waals surface area (Å²) in [6, 6.07) is 19.1. The highest BCUT2D eigenvalue weighted by molar-refractivity contribution is 5.91. The Labute approximate surface area is 216 Å². The van der Waals surface area contributed by atoms with Gasteiger partial charge in [-0.15, -0.1) is 0 Å². The van der Waals surface area contributed by atoms with Gasteiger partial charge in [0.25, 0.3) is 0 Å². The molecule has 0 unspecified atom stereocenters. The molecular weight excluding hydrogens is 468 g/mol. The molecule has 8 heteroatoms. The molecule has 0 bridgehead atoms. The third-order valence-electron chi connectivity index (χ3n) is 7.33. The predicted molar refractivity (Wildman–Crippen MR) is 141 cm³/mol. The maximum atomic E-state index is 13.7. The first-order valence-electron chi connectivity index (χ1n) is 12.6. The second-order valence-electron chi connectivity index (χ2n) is 9.85. The van der Waals surface area contributed by atoms with Crippen molar-refractivity contribution in [2.24, 2.45) is 5.92 Å². The van der Waals surface area contributed by atoms with Crippen LogP contribution in [-0.2, 0) is 9.59 Å². The number of pyridine rings is 1. The Bertz CT molecular complexity index is 1330. The van der Waals surface area contributed by atoms with E-state index in [1.807, 2.05) is 67.4 Å². The van der Waals surface area contributed by atoms with Crippen molar-refractivity contribution in [1.82, 2.24) is 20.3 Å². The molecule has 2 aliphatic heterocycles. The van der Waals surface area contributed by atoms with E-state index >= 15 is 0 Å². The van der Waals surface area contributed by atoms with E-state index in [4.69, 9.17) is 4.74 Å². The lowest BCUT2D eigenvalue weighted by Gasteiger charge is -2.43. The van der Waals surface area contributed by atoms with Crippen molar-refractivity contribution in [2.45, 2.75) is 31.9 Å². The molecule has 2 aliphatic rings. The zero-order chi connectivity index (χ0) is 25.9. The minimum absolute atomic E-state index is 0.108. The van der Waals surface area contributed by atoms with Gasteiger partial charge in [0.2, 0.25) is 11.8 Å². The lowest BCUT2D eigenvalue weighted by molar-refractivity contribution is -0.151. The van der Waals surface area contributed by atoms with Gasteiger partial charge in [-0.1, -0.05) is 48.5 Å². The summed E-state index contributed by atoms with van der Waals surface area (Å²) in [5.74, 6) is -0.742. The van der Waals surface area contributed by atoms with Crippen molar-refractivity contribution >= 4 is 28.3 Å². The highest BCUT2D eigenvalue weighted by Gasteiger charge is 2.45. The number of aryl methyl sites for hydroxylation is 1. The smallest absolute Gasteiger partial charge is 0.248 e. The van der Waals surface area contributed by atoms with E-state index in [0.717, 1.165) is 23.0 Å². The Kier molecular flexibility index (Phi) is 7.21. The second-order valence-corrected chi connectivity index (χ2v) is 9.85. The number of hydroxylamine groups is 1. The van der Waals surface area contributed by atoms with Crippen LogP contribution in [0.4, 0.5) is 0 Å². The fraction of sp³-hybridized carbons (Fsp3) is 0.345. The normalized spacial score (nSPS) is 22.4. The standard InChI is InChI=1S/C29H32N4O4/c1-19-16-26(23-10-6-7-11-25(23)30-19)37-22-17-24(28(34)31-36)27(32(2)18-22)29(35)33-14-12-21(13-15-33)20-8-4-3-5-9-20/h3-12,16,22,24,27,36H,13-15,17-18H2,1-2H3,(H,31,34)/t22-,24-,27-/m0/s1. The van der Waals surface area contributed by atoms with E-state index < -0.39 is 17.9 Å². The SMILES string of the molecule is Cc1cc(O[C@H]2C[C@H](C(=O)NO)[C@@H](C(=O)N3CC=C(c4ccccc4)CC3)N(C)C2)c2ccccc2n1. The number of piperidine rings is 1. The summed E-state index contributed by atoms with van der Waals surface area (Å²) in [5, 5.41) is 10.4. The maximum Gasteiger partial charge on any atom is 0.248 e. The predicted octanol–water partition coefficient (Wildman–Crippen LogP) is 3.43. The van der Waals surface area contributed by atoms with E-state index in [-0.39, 0.29) is 12.0 Å². The number of benzene rings is 2. The van der Waals surface area contributed by atoms with Crippen LogP contribution in [0.1, 0.15) is 24.1 Å². The lowest BCUT2D eigenvalue weighted by Crippen LogP contribution is -2.60. The number of fused-ring (bicyclic) bond motifs is 1. The number of carbonyl (C=O) groups excluding carboxylic acids is 2. The zero-order valence-electron chi connectivity index (χ0n) is 21.1. The van der Waals surface area contributed by atoms with Crippen LogP contribution in [0.2, 0.25) is 0 Å². The quantitative estimate of drug-likeness (QED) is 0.412. The van der Waals surface area contributed by atoms with Crippen LogP contribution < -0.4 is 10.2 Å². The highest BCUT2D eigenvalue weighted by atomic mass is 16.5. The fourth-order valence-corrected chi connectivity index (χ4v) is 5.53. The molecule has 192 valence electrons. The number of likely N-dealkylation sites (tertiary alicyclic amines) is 1. The van der Waals surface area contributed by atoms with Crippen LogP contribution >= 0.6 is 0 Å². The minimum atomic E-state index is -0.755. The molecule has 1 aromatic heterocycles. The largest absolute Gasteiger partial charge is 0.488 e. The molecule has 3 aromatic rings. The molecule has 3 atom stereocenters. The van der Waals surface area contributed by atoms with Crippen molar-refractivity contribution in [3.05, 3.63) is 78.0 Å². The van der Waals surface area contributed by atoms with Crippen LogP contribution in [0.5, 0.6) is 5.75 Å². The van der Waals surface area contributed by atoms with Gasteiger partial charge in [-0.2, -0.15) is 0 Å². The number of ether oxygens (including phenoxy) is 1. The summed E-state index contributed by atoms with van der Waals surface area (Å²) in [6.45, 7) is 3.46. The first-order chi connectivity index (χ1) is 17.9. The first kappa shape index (κ1) is 24.9. The number of nitrogens with one attached hydrogen (secondary N) is 1. The Morgan fingerprint density at radius 3 is 2.59 bits per heavy atom. The number of nitrogens with zero attached hydrogens (tertiary/aromatic N) is 3. The van der Waals surface area contributed by atoms with Gasteiger partial charge in [0.15, 0.2) is 0 Å². The summed E-state index contributed by atoms with van der Waals surface area (Å²) < 4.78 is 6.40. The second kappa shape index (κ2) is 10.7. The molecule has 0 radical (unpaired) electrons. The van der Waals surface area contributed by atoms with Gasteiger partial charge in [-0.3, -0.25) is 24.7 Å². The highest BCUT2D eigenvalue weighted by Crippen LogP contribution is 2.32. The molecule has 2 amide bonds. The number of amides is 2. The average Bonchev–Trinajstić information content (AvgIpc) is 2.92. The van der Waals surface area contributed by atoms with E-state index in [0.29, 0.717) is 31.8 Å². The van der Waals surface area contributed by atoms with Gasteiger partial charge in [-0.05, 0) is 50.1 Å². The topological polar surface area (TPSA) is 95.0 Å². The molecule has 1 fully saturated rings. The number of hydrogen-bond donors (Lipinski definition) is 2. The molecule has 2 N–H and O–H groups in total. The van der Waals surface area contributed by atoms with Crippen LogP contribution in [0.3, 0.4) is 0 Å². The Hall–Kier alpha value is -3.75. The molecule has 8 nitrogen and oxygen atoms in total. The number of rotatable bonds is 5. The van der Waals surface area contributed by atoms with E-state index in [1.165, 1.54) is 11.1 Å².